The topological polar surface area (TPSA) is 78.9 Å². The van der Waals surface area contributed by atoms with E-state index in [-0.39, 0.29) is 31.1 Å². The lowest BCUT2D eigenvalue weighted by atomic mass is 10.0. The van der Waals surface area contributed by atoms with Gasteiger partial charge in [-0.1, -0.05) is 347 Å². The van der Waals surface area contributed by atoms with Gasteiger partial charge in [0.15, 0.2) is 6.10 Å². The van der Waals surface area contributed by atoms with Crippen LogP contribution in [0.25, 0.3) is 0 Å². The number of ether oxygens (including phenoxy) is 3. The van der Waals surface area contributed by atoms with Gasteiger partial charge in [-0.2, -0.15) is 0 Å². The van der Waals surface area contributed by atoms with Crippen LogP contribution >= 0.6 is 0 Å². The van der Waals surface area contributed by atoms with Crippen molar-refractivity contribution in [2.45, 2.75) is 393 Å². The Bertz CT molecular complexity index is 1230. The van der Waals surface area contributed by atoms with Gasteiger partial charge < -0.3 is 14.2 Å². The van der Waals surface area contributed by atoms with E-state index in [1.165, 1.54) is 263 Å². The first-order valence-corrected chi connectivity index (χ1v) is 34.3. The van der Waals surface area contributed by atoms with Crippen LogP contribution < -0.4 is 0 Å². The van der Waals surface area contributed by atoms with E-state index < -0.39 is 6.10 Å². The minimum absolute atomic E-state index is 0.0698. The number of unbranched alkanes of at least 4 members (excludes halogenated alkanes) is 49. The van der Waals surface area contributed by atoms with Crippen molar-refractivity contribution in [2.75, 3.05) is 13.2 Å². The predicted molar refractivity (Wildman–Crippen MR) is 330 cm³/mol. The molecule has 6 heteroatoms. The summed E-state index contributed by atoms with van der Waals surface area (Å²) >= 11 is 0. The van der Waals surface area contributed by atoms with Crippen LogP contribution in [0.4, 0.5) is 0 Å². The normalized spacial score (nSPS) is 12.1. The van der Waals surface area contributed by atoms with Crippen molar-refractivity contribution in [1.29, 1.82) is 0 Å². The van der Waals surface area contributed by atoms with Crippen LogP contribution in [0, 0.1) is 0 Å². The lowest BCUT2D eigenvalue weighted by Crippen LogP contribution is -2.30. The Morgan fingerprint density at radius 1 is 0.263 bits per heavy atom. The predicted octanol–water partition coefficient (Wildman–Crippen LogP) is 23.4. The molecule has 1 unspecified atom stereocenters. The molecule has 6 nitrogen and oxygen atoms in total. The molecule has 0 amide bonds. The maximum Gasteiger partial charge on any atom is 0.306 e. The molecule has 0 saturated carbocycles. The summed E-state index contributed by atoms with van der Waals surface area (Å²) in [4.78, 5) is 38.3. The molecular formula is C70H132O6. The average Bonchev–Trinajstić information content (AvgIpc) is 3.42. The van der Waals surface area contributed by atoms with Crippen molar-refractivity contribution < 1.29 is 28.6 Å². The standard InChI is InChI=1S/C70H132O6/c1-4-7-10-13-16-19-22-25-27-28-29-30-31-32-33-34-35-36-37-38-39-40-41-42-43-46-48-51-54-57-60-63-69(72)75-66-67(65-74-68(71)62-59-56-53-50-47-44-24-21-18-15-12-9-6-3)76-70(73)64-61-58-55-52-49-45-26-23-20-17-14-11-8-5-2/h12,15,21,24,67H,4-11,13-14,16-20,22-23,25-66H2,1-3H3/b15-12-,24-21-. The second-order valence-electron chi connectivity index (χ2n) is 23.5. The molecule has 0 N–H and O–H groups in total. The van der Waals surface area contributed by atoms with Gasteiger partial charge in [0.25, 0.3) is 0 Å². The van der Waals surface area contributed by atoms with E-state index in [9.17, 15) is 14.4 Å². The van der Waals surface area contributed by atoms with Crippen molar-refractivity contribution >= 4 is 17.9 Å². The zero-order chi connectivity index (χ0) is 55.0. The molecule has 0 aliphatic carbocycles. The zero-order valence-electron chi connectivity index (χ0n) is 51.6. The molecule has 0 aliphatic rings. The quantitative estimate of drug-likeness (QED) is 0.0261. The maximum atomic E-state index is 12.9. The summed E-state index contributed by atoms with van der Waals surface area (Å²) in [6, 6.07) is 0. The zero-order valence-corrected chi connectivity index (χ0v) is 51.6. The van der Waals surface area contributed by atoms with E-state index in [1.807, 2.05) is 0 Å². The summed E-state index contributed by atoms with van der Waals surface area (Å²) < 4.78 is 16.9. The van der Waals surface area contributed by atoms with Crippen molar-refractivity contribution in [1.82, 2.24) is 0 Å². The van der Waals surface area contributed by atoms with Crippen molar-refractivity contribution in [3.8, 4) is 0 Å². The molecule has 0 spiro atoms. The molecule has 0 aliphatic heterocycles. The Morgan fingerprint density at radius 3 is 0.776 bits per heavy atom. The fourth-order valence-corrected chi connectivity index (χ4v) is 10.5. The first kappa shape index (κ1) is 73.9. The monoisotopic (exact) mass is 1070 g/mol. The van der Waals surface area contributed by atoms with Gasteiger partial charge in [-0.25, -0.2) is 0 Å². The molecule has 0 fully saturated rings. The number of hydrogen-bond acceptors (Lipinski definition) is 6. The number of hydrogen-bond donors (Lipinski definition) is 0. The summed E-state index contributed by atoms with van der Waals surface area (Å²) in [5.74, 6) is -0.858. The fourth-order valence-electron chi connectivity index (χ4n) is 10.5. The van der Waals surface area contributed by atoms with Gasteiger partial charge in [0.2, 0.25) is 0 Å². The fraction of sp³-hybridized carbons (Fsp3) is 0.900. The third kappa shape index (κ3) is 62.7. The van der Waals surface area contributed by atoms with Gasteiger partial charge in [-0.3, -0.25) is 14.4 Å². The summed E-state index contributed by atoms with van der Waals surface area (Å²) in [5.41, 5.74) is 0. The molecule has 448 valence electrons. The van der Waals surface area contributed by atoms with Crippen molar-refractivity contribution in [2.24, 2.45) is 0 Å². The summed E-state index contributed by atoms with van der Waals surface area (Å²) in [6.07, 6.45) is 79.4. The molecule has 1 atom stereocenters. The Balaban J connectivity index is 4.08. The largest absolute Gasteiger partial charge is 0.462 e. The van der Waals surface area contributed by atoms with Gasteiger partial charge in [-0.05, 0) is 44.9 Å². The highest BCUT2D eigenvalue weighted by Gasteiger charge is 2.19. The lowest BCUT2D eigenvalue weighted by Gasteiger charge is -2.18. The van der Waals surface area contributed by atoms with E-state index in [0.29, 0.717) is 19.3 Å². The Hall–Kier alpha value is -2.11. The van der Waals surface area contributed by atoms with Crippen LogP contribution in [0.3, 0.4) is 0 Å². The third-order valence-electron chi connectivity index (χ3n) is 15.7. The van der Waals surface area contributed by atoms with E-state index in [0.717, 1.165) is 83.5 Å². The van der Waals surface area contributed by atoms with Crippen molar-refractivity contribution in [3.05, 3.63) is 24.3 Å². The Labute approximate surface area is 474 Å². The molecule has 0 aromatic rings. The lowest BCUT2D eigenvalue weighted by molar-refractivity contribution is -0.167. The number of esters is 3. The number of carbonyl (C=O) groups is 3. The van der Waals surface area contributed by atoms with Gasteiger partial charge in [0.1, 0.15) is 13.2 Å². The molecular weight excluding hydrogens is 937 g/mol. The van der Waals surface area contributed by atoms with Crippen LogP contribution in [-0.2, 0) is 28.6 Å². The molecule has 0 bridgehead atoms. The van der Waals surface area contributed by atoms with E-state index in [4.69, 9.17) is 14.2 Å². The second-order valence-corrected chi connectivity index (χ2v) is 23.5. The molecule has 0 radical (unpaired) electrons. The summed E-state index contributed by atoms with van der Waals surface area (Å²) in [6.45, 7) is 6.63. The minimum Gasteiger partial charge on any atom is -0.462 e. The third-order valence-corrected chi connectivity index (χ3v) is 15.7. The first-order chi connectivity index (χ1) is 37.5. The Morgan fingerprint density at radius 2 is 0.500 bits per heavy atom. The first-order valence-electron chi connectivity index (χ1n) is 34.3. The average molecular weight is 1070 g/mol. The van der Waals surface area contributed by atoms with Crippen molar-refractivity contribution in [3.63, 3.8) is 0 Å². The van der Waals surface area contributed by atoms with E-state index in [1.54, 1.807) is 0 Å². The van der Waals surface area contributed by atoms with E-state index >= 15 is 0 Å². The maximum absolute atomic E-state index is 12.9. The second kappa shape index (κ2) is 65.4. The summed E-state index contributed by atoms with van der Waals surface area (Å²) in [7, 11) is 0. The molecule has 0 aromatic heterocycles. The molecule has 0 heterocycles. The summed E-state index contributed by atoms with van der Waals surface area (Å²) in [5, 5.41) is 0. The van der Waals surface area contributed by atoms with Gasteiger partial charge in [0.05, 0.1) is 0 Å². The van der Waals surface area contributed by atoms with Gasteiger partial charge >= 0.3 is 17.9 Å². The van der Waals surface area contributed by atoms with E-state index in [2.05, 4.69) is 45.1 Å². The molecule has 0 rings (SSSR count). The van der Waals surface area contributed by atoms with Crippen LogP contribution in [0.1, 0.15) is 387 Å². The highest BCUT2D eigenvalue weighted by molar-refractivity contribution is 5.71. The minimum atomic E-state index is -0.773. The van der Waals surface area contributed by atoms with Gasteiger partial charge in [-0.15, -0.1) is 0 Å². The molecule has 76 heavy (non-hydrogen) atoms. The van der Waals surface area contributed by atoms with Crippen LogP contribution in [0.5, 0.6) is 0 Å². The smallest absolute Gasteiger partial charge is 0.306 e. The SMILES string of the molecule is CCC/C=C\C/C=C\CCCCCCCC(=O)OCC(COC(=O)CCCCCCCCCCCCCCCCCCCCCCCCCCCCCCCCC)OC(=O)CCCCCCCCCCCCCCCC. The number of carbonyl (C=O) groups excluding carboxylic acids is 3. The highest BCUT2D eigenvalue weighted by atomic mass is 16.6. The van der Waals surface area contributed by atoms with Crippen LogP contribution in [0.15, 0.2) is 24.3 Å². The molecule has 0 aromatic carbocycles. The highest BCUT2D eigenvalue weighted by Crippen LogP contribution is 2.19. The van der Waals surface area contributed by atoms with Crippen LogP contribution in [-0.4, -0.2) is 37.2 Å². The Kier molecular flexibility index (Phi) is 63.6. The number of rotatable bonds is 64. The molecule has 0 saturated heterocycles. The number of allylic oxidation sites excluding steroid dienone is 4. The van der Waals surface area contributed by atoms with Crippen LogP contribution in [0.2, 0.25) is 0 Å². The van der Waals surface area contributed by atoms with Gasteiger partial charge in [0, 0.05) is 19.3 Å².